The second-order valence-corrected chi connectivity index (χ2v) is 3.15. The van der Waals surface area contributed by atoms with Gasteiger partial charge in [-0.1, -0.05) is 0 Å². The van der Waals surface area contributed by atoms with Crippen LogP contribution in [0.1, 0.15) is 19.5 Å². The summed E-state index contributed by atoms with van der Waals surface area (Å²) in [5.41, 5.74) is -1.07. The molecule has 1 aromatic rings. The van der Waals surface area contributed by atoms with E-state index >= 15 is 0 Å². The summed E-state index contributed by atoms with van der Waals surface area (Å²) in [5.74, 6) is -1.51. The SMILES string of the molecule is [C-]#[N+]C(C)(C)c1ncc(F)cc1F. The molecule has 1 aromatic heterocycles. The maximum atomic E-state index is 13.1. The first-order valence-electron chi connectivity index (χ1n) is 3.67. The Morgan fingerprint density at radius 2 is 2.08 bits per heavy atom. The Morgan fingerprint density at radius 1 is 1.46 bits per heavy atom. The first-order chi connectivity index (χ1) is 5.97. The molecule has 68 valence electrons. The number of pyridine rings is 1. The van der Waals surface area contributed by atoms with Gasteiger partial charge in [0.25, 0.3) is 5.54 Å². The first kappa shape index (κ1) is 9.59. The van der Waals surface area contributed by atoms with E-state index in [9.17, 15) is 8.78 Å². The highest BCUT2D eigenvalue weighted by Crippen LogP contribution is 2.24. The van der Waals surface area contributed by atoms with Gasteiger partial charge in [0.05, 0.1) is 6.20 Å². The standard InChI is InChI=1S/C9H8F2N2/c1-9(2,12-3)8-7(11)4-6(10)5-13-8/h4-5H,1-2H3. The van der Waals surface area contributed by atoms with Crippen molar-refractivity contribution in [3.05, 3.63) is 41.0 Å². The van der Waals surface area contributed by atoms with Crippen LogP contribution < -0.4 is 0 Å². The zero-order chi connectivity index (χ0) is 10.1. The second-order valence-electron chi connectivity index (χ2n) is 3.15. The van der Waals surface area contributed by atoms with Crippen LogP contribution >= 0.6 is 0 Å². The van der Waals surface area contributed by atoms with Gasteiger partial charge in [0.1, 0.15) is 5.82 Å². The fourth-order valence-electron chi connectivity index (χ4n) is 0.918. The largest absolute Gasteiger partial charge is 0.304 e. The Hall–Kier alpha value is -1.50. The minimum atomic E-state index is -1.04. The highest BCUT2D eigenvalue weighted by atomic mass is 19.1. The van der Waals surface area contributed by atoms with E-state index < -0.39 is 17.2 Å². The average Bonchev–Trinajstić information content (AvgIpc) is 2.03. The van der Waals surface area contributed by atoms with Crippen LogP contribution in [0.4, 0.5) is 8.78 Å². The Bertz CT molecular complexity index is 366. The molecule has 0 aliphatic rings. The lowest BCUT2D eigenvalue weighted by atomic mass is 10.0. The molecule has 0 aliphatic carbocycles. The van der Waals surface area contributed by atoms with Crippen molar-refractivity contribution >= 4 is 0 Å². The lowest BCUT2D eigenvalue weighted by molar-refractivity contribution is 0.516. The van der Waals surface area contributed by atoms with Gasteiger partial charge in [0.15, 0.2) is 11.5 Å². The molecule has 0 aromatic carbocycles. The van der Waals surface area contributed by atoms with Gasteiger partial charge in [-0.3, -0.25) is 0 Å². The van der Waals surface area contributed by atoms with Crippen LogP contribution in [0.3, 0.4) is 0 Å². The van der Waals surface area contributed by atoms with Crippen LogP contribution in [0.25, 0.3) is 4.85 Å². The van der Waals surface area contributed by atoms with Gasteiger partial charge in [-0.15, -0.1) is 0 Å². The highest BCUT2D eigenvalue weighted by molar-refractivity contribution is 5.20. The second kappa shape index (κ2) is 3.09. The van der Waals surface area contributed by atoms with E-state index in [4.69, 9.17) is 6.57 Å². The molecule has 0 amide bonds. The van der Waals surface area contributed by atoms with Crippen LogP contribution in [-0.2, 0) is 5.54 Å². The molecule has 0 aliphatic heterocycles. The van der Waals surface area contributed by atoms with Crippen molar-refractivity contribution in [3.8, 4) is 0 Å². The predicted molar refractivity (Wildman–Crippen MR) is 43.8 cm³/mol. The number of halogens is 2. The molecule has 0 saturated heterocycles. The zero-order valence-corrected chi connectivity index (χ0v) is 7.31. The molecule has 0 unspecified atom stereocenters. The summed E-state index contributed by atoms with van der Waals surface area (Å²) in [6, 6.07) is 0.731. The molecule has 0 fully saturated rings. The van der Waals surface area contributed by atoms with Crippen molar-refractivity contribution in [2.75, 3.05) is 0 Å². The van der Waals surface area contributed by atoms with Crippen molar-refractivity contribution in [1.29, 1.82) is 0 Å². The summed E-state index contributed by atoms with van der Waals surface area (Å²) in [7, 11) is 0. The highest BCUT2D eigenvalue weighted by Gasteiger charge is 2.31. The van der Waals surface area contributed by atoms with Gasteiger partial charge in [-0.05, 0) is 0 Å². The van der Waals surface area contributed by atoms with Crippen molar-refractivity contribution in [2.45, 2.75) is 19.4 Å². The van der Waals surface area contributed by atoms with Gasteiger partial charge in [-0.2, -0.15) is 0 Å². The predicted octanol–water partition coefficient (Wildman–Crippen LogP) is 2.51. The van der Waals surface area contributed by atoms with Crippen molar-refractivity contribution < 1.29 is 8.78 Å². The van der Waals surface area contributed by atoms with Gasteiger partial charge in [-0.25, -0.2) is 20.3 Å². The Balaban J connectivity index is 3.26. The monoisotopic (exact) mass is 182 g/mol. The van der Waals surface area contributed by atoms with E-state index in [1.165, 1.54) is 13.8 Å². The lowest BCUT2D eigenvalue weighted by Gasteiger charge is -2.10. The summed E-state index contributed by atoms with van der Waals surface area (Å²) in [6.07, 6.45) is 0.908. The first-order valence-corrected chi connectivity index (χ1v) is 3.67. The van der Waals surface area contributed by atoms with Crippen molar-refractivity contribution in [2.24, 2.45) is 0 Å². The molecule has 2 nitrogen and oxygen atoms in total. The quantitative estimate of drug-likeness (QED) is 0.610. The normalized spacial score (nSPS) is 11.0. The molecule has 1 heterocycles. The number of hydrogen-bond acceptors (Lipinski definition) is 1. The topological polar surface area (TPSA) is 17.2 Å². The maximum absolute atomic E-state index is 13.1. The summed E-state index contributed by atoms with van der Waals surface area (Å²) in [6.45, 7) is 9.88. The summed E-state index contributed by atoms with van der Waals surface area (Å²) < 4.78 is 25.5. The third-order valence-corrected chi connectivity index (χ3v) is 1.67. The summed E-state index contributed by atoms with van der Waals surface area (Å²) in [5, 5.41) is 0. The number of hydrogen-bond donors (Lipinski definition) is 0. The zero-order valence-electron chi connectivity index (χ0n) is 7.31. The lowest BCUT2D eigenvalue weighted by Crippen LogP contribution is -2.16. The number of nitrogens with zero attached hydrogens (tertiary/aromatic N) is 2. The molecule has 1 rings (SSSR count). The van der Waals surface area contributed by atoms with Crippen LogP contribution in [0.15, 0.2) is 12.3 Å². The average molecular weight is 182 g/mol. The third-order valence-electron chi connectivity index (χ3n) is 1.67. The van der Waals surface area contributed by atoms with E-state index in [0.717, 1.165) is 12.3 Å². The van der Waals surface area contributed by atoms with Crippen LogP contribution in [0, 0.1) is 18.2 Å². The van der Waals surface area contributed by atoms with Gasteiger partial charge in [0, 0.05) is 19.9 Å². The Morgan fingerprint density at radius 3 is 2.54 bits per heavy atom. The van der Waals surface area contributed by atoms with Crippen molar-refractivity contribution in [3.63, 3.8) is 0 Å². The molecule has 0 spiro atoms. The fraction of sp³-hybridized carbons (Fsp3) is 0.333. The fourth-order valence-corrected chi connectivity index (χ4v) is 0.918. The number of aromatic nitrogens is 1. The maximum Gasteiger partial charge on any atom is 0.271 e. The van der Waals surface area contributed by atoms with Gasteiger partial charge in [0.2, 0.25) is 0 Å². The van der Waals surface area contributed by atoms with E-state index in [2.05, 4.69) is 9.83 Å². The summed E-state index contributed by atoms with van der Waals surface area (Å²) >= 11 is 0. The Labute approximate surface area is 75.0 Å². The van der Waals surface area contributed by atoms with E-state index in [1.54, 1.807) is 0 Å². The molecular weight excluding hydrogens is 174 g/mol. The minimum Gasteiger partial charge on any atom is -0.304 e. The molecule has 0 radical (unpaired) electrons. The van der Waals surface area contributed by atoms with Gasteiger partial charge >= 0.3 is 0 Å². The minimum absolute atomic E-state index is 0.0242. The van der Waals surface area contributed by atoms with Crippen molar-refractivity contribution in [1.82, 2.24) is 4.98 Å². The third kappa shape index (κ3) is 1.81. The van der Waals surface area contributed by atoms with Crippen LogP contribution in [0.2, 0.25) is 0 Å². The summed E-state index contributed by atoms with van der Waals surface area (Å²) in [4.78, 5) is 6.76. The molecular formula is C9H8F2N2. The van der Waals surface area contributed by atoms with E-state index in [-0.39, 0.29) is 5.69 Å². The van der Waals surface area contributed by atoms with E-state index in [0.29, 0.717) is 0 Å². The van der Waals surface area contributed by atoms with Crippen LogP contribution in [-0.4, -0.2) is 4.98 Å². The molecule has 4 heteroatoms. The Kier molecular flexibility index (Phi) is 2.28. The molecule has 13 heavy (non-hydrogen) atoms. The number of rotatable bonds is 1. The molecule has 0 atom stereocenters. The van der Waals surface area contributed by atoms with Crippen LogP contribution in [0.5, 0.6) is 0 Å². The van der Waals surface area contributed by atoms with E-state index in [1.807, 2.05) is 0 Å². The smallest absolute Gasteiger partial charge is 0.271 e. The molecule has 0 bridgehead atoms. The molecule has 0 saturated carbocycles. The molecule has 0 N–H and O–H groups in total. The van der Waals surface area contributed by atoms with Gasteiger partial charge < -0.3 is 4.85 Å².